The van der Waals surface area contributed by atoms with Crippen LogP contribution in [0.25, 0.3) is 0 Å². The molecule has 1 saturated heterocycles. The number of likely N-dealkylation sites (tertiary alicyclic amines) is 1. The Bertz CT molecular complexity index is 308. The predicted molar refractivity (Wildman–Crippen MR) is 60.8 cm³/mol. The third kappa shape index (κ3) is 2.83. The Balaban J connectivity index is 1.82. The quantitative estimate of drug-likeness (QED) is 0.815. The van der Waals surface area contributed by atoms with Crippen LogP contribution in [0.4, 0.5) is 0 Å². The molecule has 3 heteroatoms. The van der Waals surface area contributed by atoms with Gasteiger partial charge in [-0.1, -0.05) is 0 Å². The van der Waals surface area contributed by atoms with E-state index >= 15 is 0 Å². The van der Waals surface area contributed by atoms with Gasteiger partial charge in [0.1, 0.15) is 11.5 Å². The third-order valence-corrected chi connectivity index (χ3v) is 3.04. The molecule has 1 fully saturated rings. The monoisotopic (exact) mass is 208 g/mol. The van der Waals surface area contributed by atoms with E-state index in [2.05, 4.69) is 16.3 Å². The normalized spacial score (nSPS) is 22.4. The summed E-state index contributed by atoms with van der Waals surface area (Å²) in [6, 6.07) is 4.12. The molecule has 1 aromatic heterocycles. The summed E-state index contributed by atoms with van der Waals surface area (Å²) in [6.45, 7) is 6.49. The average Bonchev–Trinajstić information content (AvgIpc) is 2.78. The van der Waals surface area contributed by atoms with Crippen molar-refractivity contribution in [2.24, 2.45) is 5.92 Å². The molecule has 0 aromatic carbocycles. The SMILES string of the molecule is CNCC1CCN(Cc2ccc(C)o2)C1. The van der Waals surface area contributed by atoms with Crippen LogP contribution in [0.5, 0.6) is 0 Å². The Hall–Kier alpha value is -0.800. The Morgan fingerprint density at radius 2 is 2.40 bits per heavy atom. The molecule has 0 saturated carbocycles. The fraction of sp³-hybridized carbons (Fsp3) is 0.667. The van der Waals surface area contributed by atoms with Gasteiger partial charge in [0, 0.05) is 6.54 Å². The van der Waals surface area contributed by atoms with Gasteiger partial charge in [-0.25, -0.2) is 0 Å². The highest BCUT2D eigenvalue weighted by atomic mass is 16.3. The van der Waals surface area contributed by atoms with E-state index in [1.54, 1.807) is 0 Å². The zero-order valence-electron chi connectivity index (χ0n) is 9.62. The number of nitrogens with one attached hydrogen (secondary N) is 1. The summed E-state index contributed by atoms with van der Waals surface area (Å²) in [5.74, 6) is 2.92. The van der Waals surface area contributed by atoms with E-state index in [9.17, 15) is 0 Å². The molecule has 0 radical (unpaired) electrons. The van der Waals surface area contributed by atoms with Crippen LogP contribution >= 0.6 is 0 Å². The van der Waals surface area contributed by atoms with Crippen molar-refractivity contribution in [3.05, 3.63) is 23.7 Å². The van der Waals surface area contributed by atoms with Gasteiger partial charge in [-0.3, -0.25) is 4.90 Å². The van der Waals surface area contributed by atoms with Crippen molar-refractivity contribution in [3.63, 3.8) is 0 Å². The van der Waals surface area contributed by atoms with Gasteiger partial charge in [-0.2, -0.15) is 0 Å². The lowest BCUT2D eigenvalue weighted by atomic mass is 10.1. The Morgan fingerprint density at radius 1 is 1.53 bits per heavy atom. The van der Waals surface area contributed by atoms with Gasteiger partial charge < -0.3 is 9.73 Å². The summed E-state index contributed by atoms with van der Waals surface area (Å²) < 4.78 is 5.58. The van der Waals surface area contributed by atoms with Crippen molar-refractivity contribution < 1.29 is 4.42 Å². The van der Waals surface area contributed by atoms with E-state index in [4.69, 9.17) is 4.42 Å². The minimum Gasteiger partial charge on any atom is -0.465 e. The highest BCUT2D eigenvalue weighted by Gasteiger charge is 2.22. The molecular formula is C12H20N2O. The van der Waals surface area contributed by atoms with Gasteiger partial charge in [0.15, 0.2) is 0 Å². The fourth-order valence-corrected chi connectivity index (χ4v) is 2.30. The van der Waals surface area contributed by atoms with Crippen molar-refractivity contribution in [1.82, 2.24) is 10.2 Å². The summed E-state index contributed by atoms with van der Waals surface area (Å²) in [5, 5.41) is 3.25. The molecular weight excluding hydrogens is 188 g/mol. The number of furan rings is 1. The van der Waals surface area contributed by atoms with Crippen LogP contribution in [0.3, 0.4) is 0 Å². The minimum atomic E-state index is 0.811. The van der Waals surface area contributed by atoms with E-state index in [1.165, 1.54) is 19.5 Å². The Kier molecular flexibility index (Phi) is 3.44. The number of nitrogens with zero attached hydrogens (tertiary/aromatic N) is 1. The highest BCUT2D eigenvalue weighted by Crippen LogP contribution is 2.18. The van der Waals surface area contributed by atoms with Crippen LogP contribution in [-0.2, 0) is 6.54 Å². The van der Waals surface area contributed by atoms with E-state index in [-0.39, 0.29) is 0 Å². The molecule has 15 heavy (non-hydrogen) atoms. The lowest BCUT2D eigenvalue weighted by Gasteiger charge is -2.14. The molecule has 0 bridgehead atoms. The van der Waals surface area contributed by atoms with Crippen LogP contribution < -0.4 is 5.32 Å². The van der Waals surface area contributed by atoms with Crippen LogP contribution in [0.1, 0.15) is 17.9 Å². The van der Waals surface area contributed by atoms with Crippen LogP contribution in [0, 0.1) is 12.8 Å². The fourth-order valence-electron chi connectivity index (χ4n) is 2.30. The van der Waals surface area contributed by atoms with Crippen molar-refractivity contribution in [2.75, 3.05) is 26.7 Å². The summed E-state index contributed by atoms with van der Waals surface area (Å²) in [5.41, 5.74) is 0. The summed E-state index contributed by atoms with van der Waals surface area (Å²) >= 11 is 0. The molecule has 1 atom stereocenters. The topological polar surface area (TPSA) is 28.4 Å². The first-order valence-corrected chi connectivity index (χ1v) is 5.70. The van der Waals surface area contributed by atoms with E-state index in [1.807, 2.05) is 20.0 Å². The second kappa shape index (κ2) is 4.81. The molecule has 3 nitrogen and oxygen atoms in total. The third-order valence-electron chi connectivity index (χ3n) is 3.04. The molecule has 2 heterocycles. The lowest BCUT2D eigenvalue weighted by molar-refractivity contribution is 0.283. The molecule has 1 N–H and O–H groups in total. The van der Waals surface area contributed by atoms with Gasteiger partial charge in [-0.05, 0) is 51.5 Å². The smallest absolute Gasteiger partial charge is 0.118 e. The maximum Gasteiger partial charge on any atom is 0.118 e. The average molecular weight is 208 g/mol. The Morgan fingerprint density at radius 3 is 3.07 bits per heavy atom. The minimum absolute atomic E-state index is 0.811. The zero-order valence-corrected chi connectivity index (χ0v) is 9.62. The second-order valence-corrected chi connectivity index (χ2v) is 4.46. The lowest BCUT2D eigenvalue weighted by Crippen LogP contribution is -2.24. The molecule has 1 aliphatic heterocycles. The van der Waals surface area contributed by atoms with Gasteiger partial charge in [0.05, 0.1) is 6.54 Å². The molecule has 1 aliphatic rings. The number of hydrogen-bond acceptors (Lipinski definition) is 3. The number of hydrogen-bond donors (Lipinski definition) is 1. The second-order valence-electron chi connectivity index (χ2n) is 4.46. The standard InChI is InChI=1S/C12H20N2O/c1-10-3-4-12(15-10)9-14-6-5-11(8-14)7-13-2/h3-4,11,13H,5-9H2,1-2H3. The van der Waals surface area contributed by atoms with Crippen LogP contribution in [0.15, 0.2) is 16.5 Å². The molecule has 84 valence electrons. The summed E-state index contributed by atoms with van der Waals surface area (Å²) in [6.07, 6.45) is 1.31. The number of aryl methyl sites for hydroxylation is 1. The van der Waals surface area contributed by atoms with Crippen LogP contribution in [0.2, 0.25) is 0 Å². The largest absolute Gasteiger partial charge is 0.465 e. The van der Waals surface area contributed by atoms with E-state index in [0.717, 1.165) is 30.5 Å². The van der Waals surface area contributed by atoms with Gasteiger partial charge in [0.2, 0.25) is 0 Å². The summed E-state index contributed by atoms with van der Waals surface area (Å²) in [4.78, 5) is 2.47. The first-order valence-electron chi connectivity index (χ1n) is 5.70. The molecule has 0 spiro atoms. The van der Waals surface area contributed by atoms with Gasteiger partial charge in [-0.15, -0.1) is 0 Å². The predicted octanol–water partition coefficient (Wildman–Crippen LogP) is 1.63. The van der Waals surface area contributed by atoms with Crippen molar-refractivity contribution >= 4 is 0 Å². The first kappa shape index (κ1) is 10.7. The molecule has 2 rings (SSSR count). The van der Waals surface area contributed by atoms with Crippen molar-refractivity contribution in [2.45, 2.75) is 19.9 Å². The Labute approximate surface area is 91.4 Å². The maximum atomic E-state index is 5.58. The van der Waals surface area contributed by atoms with E-state index in [0.29, 0.717) is 0 Å². The maximum absolute atomic E-state index is 5.58. The zero-order chi connectivity index (χ0) is 10.7. The van der Waals surface area contributed by atoms with E-state index < -0.39 is 0 Å². The molecule has 1 unspecified atom stereocenters. The molecule has 1 aromatic rings. The van der Waals surface area contributed by atoms with Crippen molar-refractivity contribution in [1.29, 1.82) is 0 Å². The summed E-state index contributed by atoms with van der Waals surface area (Å²) in [7, 11) is 2.03. The van der Waals surface area contributed by atoms with Gasteiger partial charge in [0.25, 0.3) is 0 Å². The van der Waals surface area contributed by atoms with Gasteiger partial charge >= 0.3 is 0 Å². The van der Waals surface area contributed by atoms with Crippen LogP contribution in [-0.4, -0.2) is 31.6 Å². The molecule has 0 aliphatic carbocycles. The highest BCUT2D eigenvalue weighted by molar-refractivity contribution is 5.05. The van der Waals surface area contributed by atoms with Crippen molar-refractivity contribution in [3.8, 4) is 0 Å². The first-order chi connectivity index (χ1) is 7.28. The number of rotatable bonds is 4. The molecule has 0 amide bonds.